The van der Waals surface area contributed by atoms with Gasteiger partial charge in [-0.1, -0.05) is 11.5 Å². The van der Waals surface area contributed by atoms with Gasteiger partial charge >= 0.3 is 0 Å². The van der Waals surface area contributed by atoms with Gasteiger partial charge in [-0.25, -0.2) is 4.99 Å². The number of aliphatic imine (C=N–C) groups is 1. The average molecular weight is 235 g/mol. The third-order valence-electron chi connectivity index (χ3n) is 2.19. The normalized spacial score (nSPS) is 23.1. The summed E-state index contributed by atoms with van der Waals surface area (Å²) in [6.07, 6.45) is 3.93. The predicted octanol–water partition coefficient (Wildman–Crippen LogP) is 0.118. The Labute approximate surface area is 99.2 Å². The molecule has 2 rings (SSSR count). The highest BCUT2D eigenvalue weighted by atomic mass is 32.2. The van der Waals surface area contributed by atoms with Crippen LogP contribution >= 0.6 is 10.5 Å². The molecule has 1 atom stereocenters. The maximum Gasteiger partial charge on any atom is 0.197 e. The van der Waals surface area contributed by atoms with E-state index in [1.165, 1.54) is 5.03 Å². The van der Waals surface area contributed by atoms with Crippen molar-refractivity contribution in [1.29, 1.82) is 0 Å². The van der Waals surface area contributed by atoms with Crippen LogP contribution in [-0.4, -0.2) is 45.3 Å². The van der Waals surface area contributed by atoms with Crippen molar-refractivity contribution in [3.8, 4) is 0 Å². The molecule has 0 saturated carbocycles. The molecule has 2 N–H and O–H groups in total. The molecule has 0 amide bonds. The summed E-state index contributed by atoms with van der Waals surface area (Å²) < 4.78 is 4.96. The number of rotatable bonds is 3. The molecule has 4 nitrogen and oxygen atoms in total. The van der Waals surface area contributed by atoms with Gasteiger partial charge in [-0.05, 0) is 11.4 Å². The van der Waals surface area contributed by atoms with Gasteiger partial charge < -0.3 is 15.4 Å². The topological polar surface area (TPSA) is 45.6 Å². The number of guanidine groups is 1. The van der Waals surface area contributed by atoms with E-state index >= 15 is 0 Å². The molecule has 2 heterocycles. The molecule has 84 valence electrons. The lowest BCUT2D eigenvalue weighted by atomic mass is 9.98. The van der Waals surface area contributed by atoms with Gasteiger partial charge in [-0.15, -0.1) is 10.5 Å². The van der Waals surface area contributed by atoms with Crippen LogP contribution in [0.15, 0.2) is 27.6 Å². The molecule has 0 aromatic heterocycles. The third-order valence-corrected chi connectivity index (χ3v) is 3.96. The molecule has 2 aliphatic heterocycles. The summed E-state index contributed by atoms with van der Waals surface area (Å²) in [5.74, 6) is 1.58. The second-order valence-corrected chi connectivity index (χ2v) is 5.22. The van der Waals surface area contributed by atoms with Crippen molar-refractivity contribution in [2.24, 2.45) is 4.99 Å². The molecule has 6 heteroatoms. The Morgan fingerprint density at radius 2 is 2.50 bits per heavy atom. The Balaban J connectivity index is 1.96. The number of allylic oxidation sites excluding steroid dienone is 3. The fraction of sp³-hybridized carbons (Fsp3) is 0.400. The summed E-state index contributed by atoms with van der Waals surface area (Å²) in [4.78, 5) is 4.42. The first-order valence-corrected chi connectivity index (χ1v) is 6.51. The van der Waals surface area contributed by atoms with Crippen molar-refractivity contribution in [3.63, 3.8) is 0 Å². The number of ether oxygens (including phenoxy) is 1. The van der Waals surface area contributed by atoms with E-state index in [2.05, 4.69) is 21.0 Å². The first-order valence-electron chi connectivity index (χ1n) is 5.06. The fourth-order valence-electron chi connectivity index (χ4n) is 1.40. The van der Waals surface area contributed by atoms with E-state index in [4.69, 9.17) is 12.6 Å². The van der Waals surface area contributed by atoms with Gasteiger partial charge in [0.1, 0.15) is 7.85 Å². The van der Waals surface area contributed by atoms with Crippen molar-refractivity contribution in [2.75, 3.05) is 26.1 Å². The molecule has 0 aliphatic carbocycles. The van der Waals surface area contributed by atoms with Crippen molar-refractivity contribution in [3.05, 3.63) is 22.7 Å². The molecule has 0 spiro atoms. The summed E-state index contributed by atoms with van der Waals surface area (Å²) in [5.41, 5.74) is 0.819. The quantitative estimate of drug-likeness (QED) is 0.415. The smallest absolute Gasteiger partial charge is 0.197 e. The summed E-state index contributed by atoms with van der Waals surface area (Å²) in [7, 11) is 7.43. The maximum absolute atomic E-state index is 5.73. The van der Waals surface area contributed by atoms with Gasteiger partial charge in [0, 0.05) is 13.7 Å². The number of nitrogens with one attached hydrogen (secondary N) is 2. The number of fused-ring (bicyclic) bond motifs is 1. The Kier molecular flexibility index (Phi) is 3.85. The first-order chi connectivity index (χ1) is 7.79. The lowest BCUT2D eigenvalue weighted by Gasteiger charge is -2.24. The van der Waals surface area contributed by atoms with Gasteiger partial charge in [0.05, 0.1) is 17.5 Å². The van der Waals surface area contributed by atoms with Gasteiger partial charge in [0.25, 0.3) is 0 Å². The minimum atomic E-state index is 0.0122. The number of hydrogen-bond donors (Lipinski definition) is 2. The molecule has 0 fully saturated rings. The highest BCUT2D eigenvalue weighted by Gasteiger charge is 2.13. The highest BCUT2D eigenvalue weighted by Crippen LogP contribution is 2.28. The zero-order chi connectivity index (χ0) is 11.4. The number of nitrogens with zero attached hydrogens (tertiary/aromatic N) is 1. The van der Waals surface area contributed by atoms with Gasteiger partial charge in [-0.3, -0.25) is 0 Å². The Hall–Kier alpha value is -1.01. The lowest BCUT2D eigenvalue weighted by molar-refractivity contribution is 0.203. The Morgan fingerprint density at radius 3 is 3.31 bits per heavy atom. The Bertz CT molecular complexity index is 401. The van der Waals surface area contributed by atoms with E-state index < -0.39 is 0 Å². The maximum atomic E-state index is 5.73. The van der Waals surface area contributed by atoms with Crippen molar-refractivity contribution >= 4 is 29.7 Å². The largest absolute Gasteiger partial charge is 0.383 e. The van der Waals surface area contributed by atoms with Crippen LogP contribution in [0.1, 0.15) is 0 Å². The number of hydrogen-bond acceptors (Lipinski definition) is 4. The van der Waals surface area contributed by atoms with E-state index in [9.17, 15) is 0 Å². The van der Waals surface area contributed by atoms with Crippen LogP contribution in [0.3, 0.4) is 0 Å². The summed E-state index contributed by atoms with van der Waals surface area (Å²) in [6.45, 7) is 1.43. The van der Waals surface area contributed by atoms with E-state index in [-0.39, 0.29) is 10.5 Å². The minimum Gasteiger partial charge on any atom is -0.383 e. The van der Waals surface area contributed by atoms with Crippen LogP contribution in [-0.2, 0) is 4.74 Å². The monoisotopic (exact) mass is 235 g/mol. The molecule has 2 aliphatic rings. The van der Waals surface area contributed by atoms with Gasteiger partial charge in [0.15, 0.2) is 5.96 Å². The highest BCUT2D eigenvalue weighted by molar-refractivity contribution is 8.18. The Morgan fingerprint density at radius 1 is 1.62 bits per heavy atom. The standard InChI is InChI=1S/C10H14BN3OS/c1-15-5-4-12-10-13-7-16-6-8(11)2-3-9(16)14-10/h2-3,6H,4-5,7H2,1H3,(H2,12,13,14). The van der Waals surface area contributed by atoms with Crippen LogP contribution in [0.4, 0.5) is 0 Å². The van der Waals surface area contributed by atoms with Crippen molar-refractivity contribution in [2.45, 2.75) is 0 Å². The van der Waals surface area contributed by atoms with Crippen LogP contribution < -0.4 is 10.6 Å². The predicted molar refractivity (Wildman–Crippen MR) is 70.9 cm³/mol. The van der Waals surface area contributed by atoms with Crippen LogP contribution in [0.2, 0.25) is 0 Å². The molecule has 2 radical (unpaired) electrons. The zero-order valence-corrected chi connectivity index (χ0v) is 10.0. The summed E-state index contributed by atoms with van der Waals surface area (Å²) >= 11 is 0. The number of methoxy groups -OCH3 is 1. The van der Waals surface area contributed by atoms with Gasteiger partial charge in [-0.2, -0.15) is 0 Å². The SMILES string of the molecule is [B]C1=CC=C2NC(NCCOC)=NCS2=C1. The van der Waals surface area contributed by atoms with E-state index in [0.29, 0.717) is 6.61 Å². The lowest BCUT2D eigenvalue weighted by Crippen LogP contribution is -2.40. The molecule has 0 bridgehead atoms. The molecule has 0 aromatic rings. The third kappa shape index (κ3) is 2.77. The van der Waals surface area contributed by atoms with Crippen LogP contribution in [0, 0.1) is 0 Å². The van der Waals surface area contributed by atoms with Crippen molar-refractivity contribution < 1.29 is 4.74 Å². The van der Waals surface area contributed by atoms with E-state index in [1.807, 2.05) is 12.2 Å². The van der Waals surface area contributed by atoms with Gasteiger partial charge in [0.2, 0.25) is 0 Å². The molecule has 0 saturated heterocycles. The minimum absolute atomic E-state index is 0.0122. The summed E-state index contributed by atoms with van der Waals surface area (Å²) in [5, 5.41) is 9.66. The second-order valence-electron chi connectivity index (χ2n) is 3.42. The fourth-order valence-corrected chi connectivity index (χ4v) is 2.89. The van der Waals surface area contributed by atoms with Crippen LogP contribution in [0.5, 0.6) is 0 Å². The van der Waals surface area contributed by atoms with Crippen LogP contribution in [0.25, 0.3) is 0 Å². The van der Waals surface area contributed by atoms with E-state index in [1.54, 1.807) is 7.11 Å². The molecule has 1 unspecified atom stereocenters. The molecular weight excluding hydrogens is 221 g/mol. The first kappa shape index (κ1) is 11.5. The molecule has 0 aromatic carbocycles. The molecule has 16 heavy (non-hydrogen) atoms. The zero-order valence-electron chi connectivity index (χ0n) is 9.19. The molecular formula is C10H14BN3OS. The van der Waals surface area contributed by atoms with E-state index in [0.717, 1.165) is 23.9 Å². The van der Waals surface area contributed by atoms with Crippen molar-refractivity contribution in [1.82, 2.24) is 10.6 Å². The average Bonchev–Trinajstić information content (AvgIpc) is 2.29. The second kappa shape index (κ2) is 5.36. The summed E-state index contributed by atoms with van der Waals surface area (Å²) in [6, 6.07) is 0.